The number of halogens is 2. The van der Waals surface area contributed by atoms with Crippen molar-refractivity contribution in [3.63, 3.8) is 0 Å². The summed E-state index contributed by atoms with van der Waals surface area (Å²) in [5.74, 6) is -1.85. The predicted molar refractivity (Wildman–Crippen MR) is 243 cm³/mol. The number of hydrogen-bond donors (Lipinski definition) is 0. The summed E-state index contributed by atoms with van der Waals surface area (Å²) in [5, 5.41) is 4.98. The minimum atomic E-state index is -5.42. The van der Waals surface area contributed by atoms with E-state index in [0.29, 0.717) is 0 Å². The monoisotopic (exact) mass is 943 g/mol. The molecule has 0 aromatic heterocycles. The Hall–Kier alpha value is -4.57. The summed E-state index contributed by atoms with van der Waals surface area (Å²) in [7, 11) is 18.1. The number of benzene rings is 8. The van der Waals surface area contributed by atoms with Crippen molar-refractivity contribution < 1.29 is 15.3 Å². The van der Waals surface area contributed by atoms with E-state index in [1.165, 1.54) is 88.3 Å². The zero-order valence-electron chi connectivity index (χ0n) is 31.5. The van der Waals surface area contributed by atoms with Crippen LogP contribution >= 0.6 is 17.2 Å². The van der Waals surface area contributed by atoms with Crippen molar-refractivity contribution in [1.29, 1.82) is 0 Å². The topological polar surface area (TPSA) is 0 Å². The maximum atomic E-state index is 9.04. The fraction of sp³-hybridized carbons (Fsp3) is 0.0769. The van der Waals surface area contributed by atoms with E-state index < -0.39 is 21.3 Å². The van der Waals surface area contributed by atoms with Gasteiger partial charge in [-0.2, -0.15) is 0 Å². The first-order valence-electron chi connectivity index (χ1n) is 19.7. The molecular formula is C52H41Cl2HfSi. The first-order chi connectivity index (χ1) is 27.3. The molecule has 4 heteroatoms. The molecule has 0 bridgehead atoms. The summed E-state index contributed by atoms with van der Waals surface area (Å²) < 4.78 is -0.197. The van der Waals surface area contributed by atoms with Crippen LogP contribution in [0.1, 0.15) is 40.7 Å². The van der Waals surface area contributed by atoms with Crippen LogP contribution in [0, 0.1) is 0 Å². The Morgan fingerprint density at radius 1 is 0.393 bits per heavy atom. The van der Waals surface area contributed by atoms with Crippen LogP contribution in [0.3, 0.4) is 0 Å². The van der Waals surface area contributed by atoms with E-state index in [1.807, 2.05) is 0 Å². The van der Waals surface area contributed by atoms with Gasteiger partial charge >= 0.3 is 341 Å². The number of rotatable bonds is 7. The molecule has 0 aliphatic heterocycles. The van der Waals surface area contributed by atoms with Crippen molar-refractivity contribution in [2.24, 2.45) is 0 Å². The van der Waals surface area contributed by atoms with E-state index in [1.54, 1.807) is 0 Å². The van der Waals surface area contributed by atoms with Gasteiger partial charge in [-0.25, -0.2) is 0 Å². The molecule has 0 amide bonds. The zero-order chi connectivity index (χ0) is 38.0. The molecule has 0 saturated heterocycles. The van der Waals surface area contributed by atoms with E-state index in [0.717, 1.165) is 0 Å². The van der Waals surface area contributed by atoms with Crippen molar-refractivity contribution in [2.45, 2.75) is 20.4 Å². The standard InChI is InChI=1S/2C25H17.C2H7Si.2ClH.Hf/c2*1-2-8-18(9-3-1)21-16-20-12-7-15-24(25(20)17-21)23-14-6-11-19-10-4-5-13-22(19)23;1-3-2;;;/h2*1-17H;3H,1-2H3;2*1H;/q;;;;;+2/p-2. The van der Waals surface area contributed by atoms with Gasteiger partial charge < -0.3 is 0 Å². The normalized spacial score (nSPS) is 17.0. The summed E-state index contributed by atoms with van der Waals surface area (Å²) in [6, 6.07) is 66.3. The van der Waals surface area contributed by atoms with Gasteiger partial charge in [-0.05, 0) is 0 Å². The second kappa shape index (κ2) is 13.8. The number of allylic oxidation sites excluding steroid dienone is 2. The molecule has 0 saturated carbocycles. The molecular weight excluding hydrogens is 902 g/mol. The Morgan fingerprint density at radius 3 is 1.18 bits per heavy atom. The summed E-state index contributed by atoms with van der Waals surface area (Å²) in [5.41, 5.74) is 14.9. The van der Waals surface area contributed by atoms with E-state index in [9.17, 15) is 0 Å². The molecule has 0 spiro atoms. The van der Waals surface area contributed by atoms with Crippen molar-refractivity contribution in [3.05, 3.63) is 215 Å². The van der Waals surface area contributed by atoms with Crippen molar-refractivity contribution in [1.82, 2.24) is 0 Å². The first-order valence-corrected chi connectivity index (χ1v) is 41.8. The predicted octanol–water partition coefficient (Wildman–Crippen LogP) is 15.2. The third-order valence-corrected chi connectivity index (χ3v) is 85.1. The molecule has 10 rings (SSSR count). The van der Waals surface area contributed by atoms with E-state index >= 15 is 0 Å². The molecule has 271 valence electrons. The average Bonchev–Trinajstić information content (AvgIpc) is 3.85. The van der Waals surface area contributed by atoms with E-state index in [-0.39, 0.29) is 7.35 Å². The second-order valence-electron chi connectivity index (χ2n) is 15.8. The Morgan fingerprint density at radius 2 is 0.750 bits per heavy atom. The van der Waals surface area contributed by atoms with Gasteiger partial charge in [0.05, 0.1) is 0 Å². The molecule has 56 heavy (non-hydrogen) atoms. The third-order valence-electron chi connectivity index (χ3n) is 12.7. The summed E-state index contributed by atoms with van der Waals surface area (Å²) >= 11 is -5.42. The zero-order valence-corrected chi connectivity index (χ0v) is 37.7. The van der Waals surface area contributed by atoms with Crippen molar-refractivity contribution >= 4 is 68.0 Å². The Labute approximate surface area is 338 Å². The molecule has 0 radical (unpaired) electrons. The molecule has 2 aliphatic carbocycles. The van der Waals surface area contributed by atoms with Crippen LogP contribution in [0.2, 0.25) is 13.1 Å². The first kappa shape index (κ1) is 35.8. The van der Waals surface area contributed by atoms with Crippen LogP contribution < -0.4 is 0 Å². The van der Waals surface area contributed by atoms with Crippen LogP contribution in [-0.2, 0) is 15.3 Å². The van der Waals surface area contributed by atoms with Gasteiger partial charge in [0.25, 0.3) is 0 Å². The number of fused-ring (bicyclic) bond motifs is 4. The van der Waals surface area contributed by atoms with Gasteiger partial charge in [-0.1, -0.05) is 0 Å². The summed E-state index contributed by atoms with van der Waals surface area (Å²) in [6.45, 7) is 4.89. The molecule has 0 fully saturated rings. The third kappa shape index (κ3) is 5.48. The van der Waals surface area contributed by atoms with E-state index in [4.69, 9.17) is 17.2 Å². The molecule has 8 aromatic carbocycles. The summed E-state index contributed by atoms with van der Waals surface area (Å²) in [4.78, 5) is 0. The van der Waals surface area contributed by atoms with Crippen LogP contribution in [0.15, 0.2) is 182 Å². The van der Waals surface area contributed by atoms with Crippen LogP contribution in [0.25, 0.3) is 67.1 Å². The van der Waals surface area contributed by atoms with Gasteiger partial charge in [0, 0.05) is 0 Å². The van der Waals surface area contributed by atoms with Crippen LogP contribution in [-0.4, -0.2) is 5.98 Å². The fourth-order valence-electron chi connectivity index (χ4n) is 9.98. The van der Waals surface area contributed by atoms with Gasteiger partial charge in [0.1, 0.15) is 0 Å². The second-order valence-corrected chi connectivity index (χ2v) is 75.1. The number of hydrogen-bond acceptors (Lipinski definition) is 0. The summed E-state index contributed by atoms with van der Waals surface area (Å²) in [6.07, 6.45) is 4.91. The van der Waals surface area contributed by atoms with Gasteiger partial charge in [0.2, 0.25) is 0 Å². The maximum absolute atomic E-state index is 9.04. The minimum absolute atomic E-state index is 0.0985. The molecule has 2 unspecified atom stereocenters. The Bertz CT molecular complexity index is 2690. The van der Waals surface area contributed by atoms with Gasteiger partial charge in [0.15, 0.2) is 0 Å². The van der Waals surface area contributed by atoms with E-state index in [2.05, 4.69) is 207 Å². The van der Waals surface area contributed by atoms with Gasteiger partial charge in [-0.15, -0.1) is 0 Å². The Kier molecular flexibility index (Phi) is 8.84. The van der Waals surface area contributed by atoms with Gasteiger partial charge in [-0.3, -0.25) is 0 Å². The van der Waals surface area contributed by atoms with Crippen molar-refractivity contribution in [3.8, 4) is 22.3 Å². The molecule has 8 aromatic rings. The molecule has 2 atom stereocenters. The van der Waals surface area contributed by atoms with Crippen molar-refractivity contribution in [2.75, 3.05) is 0 Å². The molecule has 0 heterocycles. The SMILES string of the molecule is C[SiH](C)[Hf]([Cl])([Cl])([CH]1C(c2ccccc2)=Cc2c(-c3cccc4ccccc34)cccc21)[CH]1C(c2ccccc2)=Cc2c(-c3cccc4ccccc34)cccc21. The molecule has 2 aliphatic rings. The van der Waals surface area contributed by atoms with Crippen LogP contribution in [0.5, 0.6) is 0 Å². The molecule has 0 N–H and O–H groups in total. The fourth-order valence-corrected chi connectivity index (χ4v) is 52.6. The van der Waals surface area contributed by atoms with Crippen LogP contribution in [0.4, 0.5) is 0 Å². The Balaban J connectivity index is 1.26. The average molecular weight is 943 g/mol. The quantitative estimate of drug-likeness (QED) is 0.140. The molecule has 0 nitrogen and oxygen atoms in total.